The second-order valence-corrected chi connectivity index (χ2v) is 3.44. The molecule has 1 saturated carbocycles. The highest BCUT2D eigenvalue weighted by molar-refractivity contribution is 6.20. The maximum absolute atomic E-state index is 12.6. The van der Waals surface area contributed by atoms with Gasteiger partial charge in [-0.25, -0.2) is 4.39 Å². The molecule has 5 heteroatoms. The molecule has 0 spiro atoms. The van der Waals surface area contributed by atoms with E-state index in [1.165, 1.54) is 0 Å². The highest BCUT2D eigenvalue weighted by atomic mass is 35.5. The quantitative estimate of drug-likeness (QED) is 0.657. The Morgan fingerprint density at radius 2 is 2.23 bits per heavy atom. The predicted molar refractivity (Wildman–Crippen MR) is 43.3 cm³/mol. The minimum atomic E-state index is -3.86. The number of halogens is 4. The largest absolute Gasteiger partial charge is 0.401 e. The summed E-state index contributed by atoms with van der Waals surface area (Å²) in [7, 11) is 0. The van der Waals surface area contributed by atoms with Crippen LogP contribution in [0.4, 0.5) is 13.2 Å². The topological polar surface area (TPSA) is 9.23 Å². The summed E-state index contributed by atoms with van der Waals surface area (Å²) in [5.74, 6) is 0. The second kappa shape index (κ2) is 4.51. The van der Waals surface area contributed by atoms with Gasteiger partial charge >= 0.3 is 6.11 Å². The zero-order valence-corrected chi connectivity index (χ0v) is 7.74. The zero-order chi connectivity index (χ0) is 9.90. The van der Waals surface area contributed by atoms with Crippen LogP contribution in [0.2, 0.25) is 0 Å². The Hall–Kier alpha value is 0.0400. The molecule has 13 heavy (non-hydrogen) atoms. The molecular formula is C8H11ClF3O. The lowest BCUT2D eigenvalue weighted by molar-refractivity contribution is -0.280. The molecule has 0 aromatic carbocycles. The normalized spacial score (nSPS) is 23.1. The fourth-order valence-corrected chi connectivity index (χ4v) is 1.34. The molecule has 2 atom stereocenters. The van der Waals surface area contributed by atoms with E-state index in [2.05, 4.69) is 16.3 Å². The van der Waals surface area contributed by atoms with Gasteiger partial charge in [0.15, 0.2) is 0 Å². The van der Waals surface area contributed by atoms with Crippen molar-refractivity contribution in [3.63, 3.8) is 0 Å². The van der Waals surface area contributed by atoms with E-state index in [1.807, 2.05) is 6.42 Å². The summed E-state index contributed by atoms with van der Waals surface area (Å²) in [4.78, 5) is 0. The standard InChI is InChI=1S/C8H11ClF3O/c9-7(10)8(11,12)13-6-4-2-1-3-5-6/h2,6-7H,1,3-5H2. The molecule has 0 N–H and O–H groups in total. The highest BCUT2D eigenvalue weighted by Gasteiger charge is 2.42. The van der Waals surface area contributed by atoms with Crippen LogP contribution in [0.1, 0.15) is 25.7 Å². The molecule has 2 unspecified atom stereocenters. The number of hydrogen-bond acceptors (Lipinski definition) is 1. The van der Waals surface area contributed by atoms with E-state index < -0.39 is 17.8 Å². The van der Waals surface area contributed by atoms with Gasteiger partial charge < -0.3 is 4.74 Å². The van der Waals surface area contributed by atoms with E-state index in [4.69, 9.17) is 0 Å². The van der Waals surface area contributed by atoms with Crippen molar-refractivity contribution >= 4 is 11.6 Å². The van der Waals surface area contributed by atoms with Gasteiger partial charge in [-0.3, -0.25) is 0 Å². The van der Waals surface area contributed by atoms with Crippen molar-refractivity contribution in [2.45, 2.75) is 43.5 Å². The molecule has 1 radical (unpaired) electrons. The van der Waals surface area contributed by atoms with Crippen LogP contribution >= 0.6 is 11.6 Å². The van der Waals surface area contributed by atoms with Gasteiger partial charge in [0.05, 0.1) is 6.10 Å². The summed E-state index contributed by atoms with van der Waals surface area (Å²) in [5, 5.41) is 0. The maximum Gasteiger partial charge on any atom is 0.401 e. The minimum absolute atomic E-state index is 0.444. The van der Waals surface area contributed by atoms with Gasteiger partial charge in [-0.05, 0) is 25.7 Å². The van der Waals surface area contributed by atoms with Crippen molar-refractivity contribution in [3.8, 4) is 0 Å². The van der Waals surface area contributed by atoms with Crippen LogP contribution in [-0.2, 0) is 4.74 Å². The van der Waals surface area contributed by atoms with E-state index in [1.54, 1.807) is 0 Å². The van der Waals surface area contributed by atoms with Gasteiger partial charge in [0.1, 0.15) is 0 Å². The molecule has 1 fully saturated rings. The summed E-state index contributed by atoms with van der Waals surface area (Å²) in [5.41, 5.74) is -2.77. The zero-order valence-electron chi connectivity index (χ0n) is 6.98. The van der Waals surface area contributed by atoms with Crippen molar-refractivity contribution in [1.29, 1.82) is 0 Å². The van der Waals surface area contributed by atoms with E-state index >= 15 is 0 Å². The summed E-state index contributed by atoms with van der Waals surface area (Å²) in [6.07, 6.45) is 0.101. The maximum atomic E-state index is 12.6. The van der Waals surface area contributed by atoms with Crippen molar-refractivity contribution in [3.05, 3.63) is 6.42 Å². The van der Waals surface area contributed by atoms with Crippen LogP contribution in [0.15, 0.2) is 0 Å². The first-order valence-electron chi connectivity index (χ1n) is 4.18. The molecule has 0 amide bonds. The van der Waals surface area contributed by atoms with Crippen LogP contribution in [-0.4, -0.2) is 17.8 Å². The first-order valence-corrected chi connectivity index (χ1v) is 4.61. The van der Waals surface area contributed by atoms with E-state index in [9.17, 15) is 13.2 Å². The molecule has 0 bridgehead atoms. The average Bonchev–Trinajstić information content (AvgIpc) is 2.05. The summed E-state index contributed by atoms with van der Waals surface area (Å²) in [6.45, 7) is 0. The molecule has 0 heterocycles. The molecule has 1 aliphatic carbocycles. The second-order valence-electron chi connectivity index (χ2n) is 3.06. The number of alkyl halides is 4. The van der Waals surface area contributed by atoms with Gasteiger partial charge in [0, 0.05) is 0 Å². The van der Waals surface area contributed by atoms with Gasteiger partial charge in [0.25, 0.3) is 5.63 Å². The monoisotopic (exact) mass is 215 g/mol. The van der Waals surface area contributed by atoms with Crippen molar-refractivity contribution in [1.82, 2.24) is 0 Å². The number of ether oxygens (including phenoxy) is 1. The van der Waals surface area contributed by atoms with Gasteiger partial charge in [0.2, 0.25) is 0 Å². The Bertz CT molecular complexity index is 157. The minimum Gasteiger partial charge on any atom is -0.314 e. The third kappa shape index (κ3) is 3.35. The molecule has 77 valence electrons. The lowest BCUT2D eigenvalue weighted by Gasteiger charge is -2.26. The Morgan fingerprint density at radius 1 is 1.54 bits per heavy atom. The van der Waals surface area contributed by atoms with Crippen molar-refractivity contribution < 1.29 is 17.9 Å². The Morgan fingerprint density at radius 3 is 2.69 bits per heavy atom. The number of rotatable bonds is 3. The summed E-state index contributed by atoms with van der Waals surface area (Å²) >= 11 is 4.64. The van der Waals surface area contributed by atoms with Crippen molar-refractivity contribution in [2.75, 3.05) is 0 Å². The first-order chi connectivity index (χ1) is 6.02. The van der Waals surface area contributed by atoms with Gasteiger partial charge in [-0.1, -0.05) is 18.0 Å². The molecule has 1 aliphatic rings. The van der Waals surface area contributed by atoms with Crippen LogP contribution in [0.3, 0.4) is 0 Å². The highest BCUT2D eigenvalue weighted by Crippen LogP contribution is 2.31. The molecular weight excluding hydrogens is 205 g/mol. The van der Waals surface area contributed by atoms with E-state index in [0.717, 1.165) is 12.8 Å². The third-order valence-electron chi connectivity index (χ3n) is 1.94. The molecule has 0 aliphatic heterocycles. The summed E-state index contributed by atoms with van der Waals surface area (Å²) in [6, 6.07) is 0. The lowest BCUT2D eigenvalue weighted by atomic mass is 9.98. The van der Waals surface area contributed by atoms with E-state index in [0.29, 0.717) is 12.8 Å². The summed E-state index contributed by atoms with van der Waals surface area (Å²) < 4.78 is 41.6. The van der Waals surface area contributed by atoms with Gasteiger partial charge in [-0.15, -0.1) is 0 Å². The predicted octanol–water partition coefficient (Wildman–Crippen LogP) is 3.28. The van der Waals surface area contributed by atoms with E-state index in [-0.39, 0.29) is 0 Å². The Balaban J connectivity index is 2.37. The van der Waals surface area contributed by atoms with Crippen LogP contribution in [0.5, 0.6) is 0 Å². The number of hydrogen-bond donors (Lipinski definition) is 0. The van der Waals surface area contributed by atoms with Crippen LogP contribution in [0, 0.1) is 6.42 Å². The van der Waals surface area contributed by atoms with Crippen LogP contribution < -0.4 is 0 Å². The van der Waals surface area contributed by atoms with Gasteiger partial charge in [-0.2, -0.15) is 8.78 Å². The molecule has 1 rings (SSSR count). The van der Waals surface area contributed by atoms with Crippen molar-refractivity contribution in [2.24, 2.45) is 0 Å². The Labute approximate surface area is 80.2 Å². The molecule has 0 aromatic heterocycles. The lowest BCUT2D eigenvalue weighted by Crippen LogP contribution is -2.35. The molecule has 1 nitrogen and oxygen atoms in total. The van der Waals surface area contributed by atoms with Crippen LogP contribution in [0.25, 0.3) is 0 Å². The smallest absolute Gasteiger partial charge is 0.314 e. The molecule has 0 aromatic rings. The Kier molecular flexibility index (Phi) is 3.86. The fraction of sp³-hybridized carbons (Fsp3) is 0.875. The SMILES string of the molecule is FC(Cl)C(F)(F)OC1C[CH]CCC1. The molecule has 0 saturated heterocycles. The first kappa shape index (κ1) is 11.1. The fourth-order valence-electron chi connectivity index (χ4n) is 1.29. The third-order valence-corrected chi connectivity index (χ3v) is 2.20. The average molecular weight is 216 g/mol.